The second kappa shape index (κ2) is 9.16. The van der Waals surface area contributed by atoms with Gasteiger partial charge in [0.25, 0.3) is 5.91 Å². The first-order valence-electron chi connectivity index (χ1n) is 6.69. The van der Waals surface area contributed by atoms with Crippen LogP contribution in [0.3, 0.4) is 0 Å². The highest BCUT2D eigenvalue weighted by Gasteiger charge is 2.06. The molecule has 0 saturated heterocycles. The molecular weight excluding hydrogens is 339 g/mol. The summed E-state index contributed by atoms with van der Waals surface area (Å²) in [6.07, 6.45) is 0. The van der Waals surface area contributed by atoms with Crippen molar-refractivity contribution in [3.63, 3.8) is 0 Å². The second-order valence-electron chi connectivity index (χ2n) is 4.41. The molecule has 5 nitrogen and oxygen atoms in total. The van der Waals surface area contributed by atoms with Gasteiger partial charge >= 0.3 is 0 Å². The van der Waals surface area contributed by atoms with Crippen LogP contribution in [0.1, 0.15) is 4.88 Å². The van der Waals surface area contributed by atoms with Gasteiger partial charge in [-0.05, 0) is 35.7 Å². The van der Waals surface area contributed by atoms with Crippen LogP contribution in [0.15, 0.2) is 41.8 Å². The van der Waals surface area contributed by atoms with Crippen molar-refractivity contribution < 1.29 is 18.7 Å². The Bertz CT molecular complexity index is 633. The van der Waals surface area contributed by atoms with Gasteiger partial charge in [0.15, 0.2) is 6.61 Å². The van der Waals surface area contributed by atoms with Crippen molar-refractivity contribution in [3.05, 3.63) is 52.5 Å². The van der Waals surface area contributed by atoms with E-state index in [9.17, 15) is 14.0 Å². The van der Waals surface area contributed by atoms with Crippen LogP contribution >= 0.6 is 23.1 Å². The maximum absolute atomic E-state index is 12.7. The quantitative estimate of drug-likeness (QED) is 0.749. The number of hydrazine groups is 1. The number of rotatable bonds is 7. The van der Waals surface area contributed by atoms with Crippen LogP contribution in [0.25, 0.3) is 0 Å². The summed E-state index contributed by atoms with van der Waals surface area (Å²) in [5.41, 5.74) is 4.57. The molecule has 0 radical (unpaired) electrons. The zero-order valence-corrected chi connectivity index (χ0v) is 13.7. The number of halogens is 1. The molecule has 0 atom stereocenters. The fraction of sp³-hybridized carbons (Fsp3) is 0.200. The number of carbonyl (C=O) groups excluding carboxylic acids is 2. The van der Waals surface area contributed by atoms with Crippen LogP contribution in [-0.4, -0.2) is 24.2 Å². The summed E-state index contributed by atoms with van der Waals surface area (Å²) in [4.78, 5) is 24.3. The lowest BCUT2D eigenvalue weighted by molar-refractivity contribution is -0.128. The number of amides is 2. The lowest BCUT2D eigenvalue weighted by atomic mass is 10.3. The molecule has 2 aromatic rings. The molecule has 2 rings (SSSR count). The van der Waals surface area contributed by atoms with Gasteiger partial charge < -0.3 is 4.74 Å². The molecule has 2 amide bonds. The van der Waals surface area contributed by atoms with E-state index in [-0.39, 0.29) is 24.1 Å². The highest BCUT2D eigenvalue weighted by atomic mass is 32.2. The number of carbonyl (C=O) groups is 2. The molecule has 1 heterocycles. The summed E-state index contributed by atoms with van der Waals surface area (Å²) < 4.78 is 17.9. The van der Waals surface area contributed by atoms with Crippen LogP contribution in [0, 0.1) is 5.82 Å². The van der Waals surface area contributed by atoms with Crippen LogP contribution < -0.4 is 15.6 Å². The Morgan fingerprint density at radius 2 is 1.87 bits per heavy atom. The Morgan fingerprint density at radius 3 is 2.57 bits per heavy atom. The molecule has 0 aliphatic carbocycles. The summed E-state index contributed by atoms with van der Waals surface area (Å²) in [7, 11) is 0. The Hall–Kier alpha value is -2.06. The SMILES string of the molecule is O=C(COc1ccc(F)cc1)NNC(=O)CSCc1cccs1. The second-order valence-corrected chi connectivity index (χ2v) is 6.43. The largest absolute Gasteiger partial charge is 0.484 e. The average molecular weight is 354 g/mol. The Kier molecular flexibility index (Phi) is 6.89. The summed E-state index contributed by atoms with van der Waals surface area (Å²) in [6.45, 7) is -0.270. The molecule has 0 fully saturated rings. The predicted molar refractivity (Wildman–Crippen MR) is 88.7 cm³/mol. The Morgan fingerprint density at radius 1 is 1.13 bits per heavy atom. The molecule has 122 valence electrons. The molecule has 23 heavy (non-hydrogen) atoms. The number of ether oxygens (including phenoxy) is 1. The summed E-state index contributed by atoms with van der Waals surface area (Å²) >= 11 is 3.10. The fourth-order valence-electron chi connectivity index (χ4n) is 1.53. The zero-order chi connectivity index (χ0) is 16.5. The summed E-state index contributed by atoms with van der Waals surface area (Å²) in [6, 6.07) is 9.27. The third-order valence-corrected chi connectivity index (χ3v) is 4.62. The first-order chi connectivity index (χ1) is 11.1. The number of nitrogens with one attached hydrogen (secondary N) is 2. The third-order valence-electron chi connectivity index (χ3n) is 2.58. The van der Waals surface area contributed by atoms with Crippen molar-refractivity contribution in [2.24, 2.45) is 0 Å². The standard InChI is InChI=1S/C15H15FN2O3S2/c16-11-3-5-12(6-4-11)21-8-14(19)17-18-15(20)10-22-9-13-2-1-7-23-13/h1-7H,8-10H2,(H,17,19)(H,18,20). The van der Waals surface area contributed by atoms with Gasteiger partial charge in [-0.1, -0.05) is 6.07 Å². The maximum Gasteiger partial charge on any atom is 0.276 e. The van der Waals surface area contributed by atoms with E-state index in [0.717, 1.165) is 5.75 Å². The van der Waals surface area contributed by atoms with Crippen molar-refractivity contribution in [1.29, 1.82) is 0 Å². The first-order valence-corrected chi connectivity index (χ1v) is 8.73. The molecule has 1 aromatic carbocycles. The van der Waals surface area contributed by atoms with Crippen LogP contribution in [0.5, 0.6) is 5.75 Å². The normalized spacial score (nSPS) is 10.1. The van der Waals surface area contributed by atoms with E-state index in [1.807, 2.05) is 17.5 Å². The fourth-order valence-corrected chi connectivity index (χ4v) is 3.20. The minimum Gasteiger partial charge on any atom is -0.484 e. The number of thioether (sulfide) groups is 1. The Balaban J connectivity index is 1.58. The third kappa shape index (κ3) is 6.70. The van der Waals surface area contributed by atoms with Gasteiger partial charge in [-0.2, -0.15) is 0 Å². The van der Waals surface area contributed by atoms with E-state index < -0.39 is 5.91 Å². The highest BCUT2D eigenvalue weighted by Crippen LogP contribution is 2.16. The molecule has 8 heteroatoms. The summed E-state index contributed by atoms with van der Waals surface area (Å²) in [5, 5.41) is 1.98. The van der Waals surface area contributed by atoms with Crippen molar-refractivity contribution in [3.8, 4) is 5.75 Å². The minimum absolute atomic E-state index is 0.247. The van der Waals surface area contributed by atoms with Gasteiger partial charge in [-0.3, -0.25) is 20.4 Å². The molecule has 0 unspecified atom stereocenters. The number of hydrogen-bond acceptors (Lipinski definition) is 5. The molecule has 0 spiro atoms. The zero-order valence-electron chi connectivity index (χ0n) is 12.1. The van der Waals surface area contributed by atoms with E-state index in [2.05, 4.69) is 10.9 Å². The molecular formula is C15H15FN2O3S2. The van der Waals surface area contributed by atoms with Crippen LogP contribution in [0.2, 0.25) is 0 Å². The maximum atomic E-state index is 12.7. The smallest absolute Gasteiger partial charge is 0.276 e. The van der Waals surface area contributed by atoms with Gasteiger partial charge in [0, 0.05) is 10.6 Å². The van der Waals surface area contributed by atoms with Crippen molar-refractivity contribution in [2.75, 3.05) is 12.4 Å². The van der Waals surface area contributed by atoms with E-state index >= 15 is 0 Å². The van der Waals surface area contributed by atoms with E-state index in [1.54, 1.807) is 11.3 Å². The minimum atomic E-state index is -0.495. The molecule has 0 bridgehead atoms. The molecule has 0 saturated carbocycles. The summed E-state index contributed by atoms with van der Waals surface area (Å²) in [5.74, 6) is 0.213. The molecule has 0 aliphatic rings. The van der Waals surface area contributed by atoms with E-state index in [1.165, 1.54) is 40.9 Å². The molecule has 0 aliphatic heterocycles. The predicted octanol–water partition coefficient (Wildman–Crippen LogP) is 2.35. The van der Waals surface area contributed by atoms with Crippen LogP contribution in [-0.2, 0) is 15.3 Å². The topological polar surface area (TPSA) is 67.4 Å². The van der Waals surface area contributed by atoms with Gasteiger partial charge in [0.1, 0.15) is 11.6 Å². The lowest BCUT2D eigenvalue weighted by Crippen LogP contribution is -2.44. The molecule has 1 aromatic heterocycles. The van der Waals surface area contributed by atoms with Gasteiger partial charge in [-0.25, -0.2) is 4.39 Å². The number of thiophene rings is 1. The van der Waals surface area contributed by atoms with E-state index in [0.29, 0.717) is 5.75 Å². The van der Waals surface area contributed by atoms with Gasteiger partial charge in [-0.15, -0.1) is 23.1 Å². The van der Waals surface area contributed by atoms with E-state index in [4.69, 9.17) is 4.74 Å². The van der Waals surface area contributed by atoms with Crippen molar-refractivity contribution in [2.45, 2.75) is 5.75 Å². The monoisotopic (exact) mass is 354 g/mol. The average Bonchev–Trinajstić information content (AvgIpc) is 3.06. The van der Waals surface area contributed by atoms with Crippen molar-refractivity contribution >= 4 is 34.9 Å². The molecule has 2 N–H and O–H groups in total. The van der Waals surface area contributed by atoms with Crippen LogP contribution in [0.4, 0.5) is 4.39 Å². The van der Waals surface area contributed by atoms with Gasteiger partial charge in [0.05, 0.1) is 5.75 Å². The van der Waals surface area contributed by atoms with Crippen molar-refractivity contribution in [1.82, 2.24) is 10.9 Å². The highest BCUT2D eigenvalue weighted by molar-refractivity contribution is 7.99. The first kappa shape index (κ1) is 17.3. The van der Waals surface area contributed by atoms with Gasteiger partial charge in [0.2, 0.25) is 5.91 Å². The number of hydrogen-bond donors (Lipinski definition) is 2. The Labute approximate surface area is 141 Å². The number of benzene rings is 1. The lowest BCUT2D eigenvalue weighted by Gasteiger charge is -2.08.